The van der Waals surface area contributed by atoms with Crippen LogP contribution in [0.15, 0.2) is 12.1 Å². The van der Waals surface area contributed by atoms with E-state index in [0.717, 1.165) is 6.07 Å². The smallest absolute Gasteiger partial charge is 0.258 e. The number of benzene rings is 1. The Morgan fingerprint density at radius 2 is 1.87 bits per heavy atom. The second kappa shape index (κ2) is 3.89. The first-order valence-electron chi connectivity index (χ1n) is 3.49. The molecule has 0 unspecified atom stereocenters. The van der Waals surface area contributed by atoms with Gasteiger partial charge >= 0.3 is 0 Å². The fourth-order valence-corrected chi connectivity index (χ4v) is 1.13. The Balaban J connectivity index is 3.54. The summed E-state index contributed by atoms with van der Waals surface area (Å²) in [5.74, 6) is 0. The van der Waals surface area contributed by atoms with Crippen molar-refractivity contribution in [2.75, 3.05) is 0 Å². The van der Waals surface area contributed by atoms with Crippen LogP contribution >= 0.6 is 11.6 Å². The third-order valence-electron chi connectivity index (χ3n) is 1.57. The van der Waals surface area contributed by atoms with Crippen LogP contribution in [0.4, 0.5) is 11.4 Å². The lowest BCUT2D eigenvalue weighted by atomic mass is 10.2. The molecule has 0 saturated carbocycles. The van der Waals surface area contributed by atoms with Gasteiger partial charge in [-0.2, -0.15) is 5.26 Å². The number of hydrogen-bond acceptors (Lipinski definition) is 5. The molecule has 0 atom stereocenters. The van der Waals surface area contributed by atoms with Crippen molar-refractivity contribution in [2.24, 2.45) is 0 Å². The largest absolute Gasteiger partial charge is 0.296 e. The van der Waals surface area contributed by atoms with Crippen molar-refractivity contribution in [1.82, 2.24) is 0 Å². The summed E-state index contributed by atoms with van der Waals surface area (Å²) >= 11 is 5.49. The van der Waals surface area contributed by atoms with E-state index in [1.54, 1.807) is 6.07 Å². The van der Waals surface area contributed by atoms with Crippen LogP contribution < -0.4 is 0 Å². The molecule has 0 N–H and O–H groups in total. The number of non-ortho nitro benzene ring substituents is 1. The average Bonchev–Trinajstić information content (AvgIpc) is 2.17. The van der Waals surface area contributed by atoms with Crippen molar-refractivity contribution in [3.05, 3.63) is 42.9 Å². The van der Waals surface area contributed by atoms with Gasteiger partial charge in [0, 0.05) is 6.07 Å². The summed E-state index contributed by atoms with van der Waals surface area (Å²) in [5, 5.41) is 29.0. The Morgan fingerprint density at radius 3 is 2.27 bits per heavy atom. The van der Waals surface area contributed by atoms with Crippen LogP contribution in [0, 0.1) is 31.6 Å². The van der Waals surface area contributed by atoms with E-state index in [1.807, 2.05) is 0 Å². The minimum Gasteiger partial charge on any atom is -0.258 e. The first-order valence-corrected chi connectivity index (χ1v) is 3.87. The van der Waals surface area contributed by atoms with Crippen molar-refractivity contribution >= 4 is 23.0 Å². The molecule has 0 saturated heterocycles. The topological polar surface area (TPSA) is 110 Å². The minimum atomic E-state index is -0.879. The van der Waals surface area contributed by atoms with E-state index in [1.165, 1.54) is 0 Å². The quantitative estimate of drug-likeness (QED) is 0.567. The van der Waals surface area contributed by atoms with Crippen LogP contribution in [0.3, 0.4) is 0 Å². The number of rotatable bonds is 2. The maximum absolute atomic E-state index is 10.5. The van der Waals surface area contributed by atoms with Crippen molar-refractivity contribution in [2.45, 2.75) is 0 Å². The normalized spacial score (nSPS) is 9.33. The van der Waals surface area contributed by atoms with Crippen LogP contribution in [0.2, 0.25) is 5.02 Å². The lowest BCUT2D eigenvalue weighted by molar-refractivity contribution is -0.394. The highest BCUT2D eigenvalue weighted by atomic mass is 35.5. The van der Waals surface area contributed by atoms with E-state index < -0.39 is 26.2 Å². The Hall–Kier alpha value is -2.20. The van der Waals surface area contributed by atoms with Gasteiger partial charge in [0.05, 0.1) is 21.5 Å². The van der Waals surface area contributed by atoms with E-state index >= 15 is 0 Å². The Morgan fingerprint density at radius 1 is 1.27 bits per heavy atom. The summed E-state index contributed by atoms with van der Waals surface area (Å²) in [6, 6.07) is 3.14. The molecule has 1 aromatic carbocycles. The third-order valence-corrected chi connectivity index (χ3v) is 1.96. The first-order chi connectivity index (χ1) is 6.97. The summed E-state index contributed by atoms with van der Waals surface area (Å²) in [6.07, 6.45) is 0. The van der Waals surface area contributed by atoms with E-state index in [-0.39, 0.29) is 5.56 Å². The maximum Gasteiger partial charge on any atom is 0.296 e. The molecule has 0 spiro atoms. The highest BCUT2D eigenvalue weighted by Crippen LogP contribution is 2.32. The van der Waals surface area contributed by atoms with Gasteiger partial charge in [0.2, 0.25) is 0 Å². The Labute approximate surface area is 87.8 Å². The highest BCUT2D eigenvalue weighted by molar-refractivity contribution is 6.33. The van der Waals surface area contributed by atoms with Gasteiger partial charge in [0.1, 0.15) is 11.1 Å². The fourth-order valence-electron chi connectivity index (χ4n) is 0.914. The minimum absolute atomic E-state index is 0.294. The summed E-state index contributed by atoms with van der Waals surface area (Å²) in [7, 11) is 0. The van der Waals surface area contributed by atoms with Gasteiger partial charge in [-0.05, 0) is 0 Å². The maximum atomic E-state index is 10.5. The molecule has 76 valence electrons. The second-order valence-corrected chi connectivity index (χ2v) is 2.83. The molecule has 0 bridgehead atoms. The number of nitro benzene ring substituents is 2. The number of nitriles is 1. The van der Waals surface area contributed by atoms with Crippen LogP contribution in [-0.2, 0) is 0 Å². The first kappa shape index (κ1) is 10.9. The molecule has 0 radical (unpaired) electrons. The molecular weight excluding hydrogens is 226 g/mol. The van der Waals surface area contributed by atoms with Crippen molar-refractivity contribution < 1.29 is 9.85 Å². The van der Waals surface area contributed by atoms with Crippen molar-refractivity contribution in [1.29, 1.82) is 5.26 Å². The van der Waals surface area contributed by atoms with Gasteiger partial charge in [-0.1, -0.05) is 11.6 Å². The van der Waals surface area contributed by atoms with Crippen LogP contribution in [0.5, 0.6) is 0 Å². The molecule has 8 heteroatoms. The van der Waals surface area contributed by atoms with Gasteiger partial charge in [-0.25, -0.2) is 0 Å². The van der Waals surface area contributed by atoms with Gasteiger partial charge in [0.25, 0.3) is 11.4 Å². The summed E-state index contributed by atoms with van der Waals surface area (Å²) in [4.78, 5) is 19.1. The Bertz CT molecular complexity index is 494. The van der Waals surface area contributed by atoms with E-state index in [2.05, 4.69) is 0 Å². The van der Waals surface area contributed by atoms with Crippen LogP contribution in [0.25, 0.3) is 0 Å². The standard InChI is InChI=1S/C7H2ClN3O4/c8-7-4(3-9)1-5(10(12)13)2-6(7)11(14)15/h1-2H. The fraction of sp³-hybridized carbons (Fsp3) is 0. The summed E-state index contributed by atoms with van der Waals surface area (Å²) < 4.78 is 0. The lowest BCUT2D eigenvalue weighted by Gasteiger charge is -1.97. The van der Waals surface area contributed by atoms with Crippen molar-refractivity contribution in [3.63, 3.8) is 0 Å². The van der Waals surface area contributed by atoms with Gasteiger partial charge < -0.3 is 0 Å². The second-order valence-electron chi connectivity index (χ2n) is 2.45. The molecule has 1 rings (SSSR count). The lowest BCUT2D eigenvalue weighted by Crippen LogP contribution is -1.95. The molecule has 7 nitrogen and oxygen atoms in total. The summed E-state index contributed by atoms with van der Waals surface area (Å²) in [6.45, 7) is 0. The molecule has 0 aromatic heterocycles. The molecule has 0 fully saturated rings. The van der Waals surface area contributed by atoms with Crippen LogP contribution in [-0.4, -0.2) is 9.85 Å². The monoisotopic (exact) mass is 227 g/mol. The van der Waals surface area contributed by atoms with Gasteiger partial charge in [-0.3, -0.25) is 20.2 Å². The number of hydrogen-bond donors (Lipinski definition) is 0. The Kier molecular flexibility index (Phi) is 2.82. The average molecular weight is 228 g/mol. The number of nitrogens with zero attached hydrogens (tertiary/aromatic N) is 3. The molecule has 0 amide bonds. The molecule has 0 aliphatic heterocycles. The van der Waals surface area contributed by atoms with E-state index in [0.29, 0.717) is 6.07 Å². The number of nitro groups is 2. The third kappa shape index (κ3) is 2.00. The van der Waals surface area contributed by atoms with Gasteiger partial charge in [0.15, 0.2) is 0 Å². The molecule has 15 heavy (non-hydrogen) atoms. The molecule has 1 aromatic rings. The number of halogens is 1. The highest BCUT2D eigenvalue weighted by Gasteiger charge is 2.22. The zero-order valence-corrected chi connectivity index (χ0v) is 7.76. The predicted molar refractivity (Wildman–Crippen MR) is 49.5 cm³/mol. The summed E-state index contributed by atoms with van der Waals surface area (Å²) in [5.41, 5.74) is -1.48. The molecule has 0 aliphatic rings. The molecule has 0 heterocycles. The van der Waals surface area contributed by atoms with E-state index in [9.17, 15) is 20.2 Å². The SMILES string of the molecule is N#Cc1cc([N+](=O)[O-])cc([N+](=O)[O-])c1Cl. The zero-order chi connectivity index (χ0) is 11.6. The van der Waals surface area contributed by atoms with Gasteiger partial charge in [-0.15, -0.1) is 0 Å². The van der Waals surface area contributed by atoms with E-state index in [4.69, 9.17) is 16.9 Å². The predicted octanol–water partition coefficient (Wildman–Crippen LogP) is 2.03. The molecular formula is C7H2ClN3O4. The van der Waals surface area contributed by atoms with Crippen LogP contribution in [0.1, 0.15) is 5.56 Å². The molecule has 0 aliphatic carbocycles. The van der Waals surface area contributed by atoms with Crippen molar-refractivity contribution in [3.8, 4) is 6.07 Å². The zero-order valence-electron chi connectivity index (χ0n) is 7.01.